The minimum Gasteiger partial charge on any atom is -0.463 e. The van der Waals surface area contributed by atoms with Crippen molar-refractivity contribution >= 4 is 15.7 Å². The Morgan fingerprint density at radius 1 is 1.35 bits per heavy atom. The second-order valence-electron chi connectivity index (χ2n) is 4.18. The van der Waals surface area contributed by atoms with Crippen LogP contribution in [0.5, 0.6) is 0 Å². The summed E-state index contributed by atoms with van der Waals surface area (Å²) in [5.41, 5.74) is 0.638. The summed E-state index contributed by atoms with van der Waals surface area (Å²) >= 11 is 0. The van der Waals surface area contributed by atoms with E-state index in [9.17, 15) is 4.79 Å². The Balaban J connectivity index is 3.75. The lowest BCUT2D eigenvalue weighted by Crippen LogP contribution is -2.12. The van der Waals surface area contributed by atoms with Gasteiger partial charge in [-0.3, -0.25) is 0 Å². The number of carbonyl (C=O) groups excluding carboxylic acids is 1. The van der Waals surface area contributed by atoms with Gasteiger partial charge in [-0.25, -0.2) is 4.79 Å². The van der Waals surface area contributed by atoms with E-state index in [1.807, 2.05) is 6.92 Å². The summed E-state index contributed by atoms with van der Waals surface area (Å²) in [6, 6.07) is 0. The van der Waals surface area contributed by atoms with Gasteiger partial charge in [0.15, 0.2) is 9.76 Å². The SMILES string of the molecule is C=CC(=O)OCCC(CCCCC)[SiH2]OCC. The Morgan fingerprint density at radius 3 is 2.71 bits per heavy atom. The van der Waals surface area contributed by atoms with Gasteiger partial charge in [0.2, 0.25) is 0 Å². The molecule has 100 valence electrons. The number of hydrogen-bond acceptors (Lipinski definition) is 3. The smallest absolute Gasteiger partial charge is 0.330 e. The molecule has 0 heterocycles. The van der Waals surface area contributed by atoms with Gasteiger partial charge < -0.3 is 9.16 Å². The highest BCUT2D eigenvalue weighted by Gasteiger charge is 2.10. The van der Waals surface area contributed by atoms with E-state index >= 15 is 0 Å². The first kappa shape index (κ1) is 16.4. The van der Waals surface area contributed by atoms with Crippen LogP contribution in [0, 0.1) is 0 Å². The molecule has 0 aromatic heterocycles. The Bertz CT molecular complexity index is 207. The third-order valence-electron chi connectivity index (χ3n) is 2.71. The van der Waals surface area contributed by atoms with E-state index < -0.39 is 9.76 Å². The lowest BCUT2D eigenvalue weighted by molar-refractivity contribution is -0.137. The Morgan fingerprint density at radius 2 is 2.12 bits per heavy atom. The largest absolute Gasteiger partial charge is 0.463 e. The number of esters is 1. The molecule has 0 N–H and O–H groups in total. The van der Waals surface area contributed by atoms with E-state index in [1.165, 1.54) is 31.8 Å². The van der Waals surface area contributed by atoms with Gasteiger partial charge in [-0.2, -0.15) is 0 Å². The molecule has 1 unspecified atom stereocenters. The maximum absolute atomic E-state index is 10.9. The van der Waals surface area contributed by atoms with Crippen molar-refractivity contribution < 1.29 is 14.0 Å². The number of unbranched alkanes of at least 4 members (excludes halogenated alkanes) is 2. The maximum atomic E-state index is 10.9. The van der Waals surface area contributed by atoms with Crippen LogP contribution in [0.1, 0.15) is 46.0 Å². The van der Waals surface area contributed by atoms with E-state index in [2.05, 4.69) is 13.5 Å². The molecule has 4 heteroatoms. The van der Waals surface area contributed by atoms with Crippen LogP contribution >= 0.6 is 0 Å². The molecule has 0 saturated carbocycles. The predicted molar refractivity (Wildman–Crippen MR) is 73.8 cm³/mol. The molecule has 0 rings (SSSR count). The zero-order valence-corrected chi connectivity index (χ0v) is 12.7. The van der Waals surface area contributed by atoms with Crippen molar-refractivity contribution in [3.63, 3.8) is 0 Å². The normalized spacial score (nSPS) is 12.8. The van der Waals surface area contributed by atoms with Crippen molar-refractivity contribution in [3.05, 3.63) is 12.7 Å². The van der Waals surface area contributed by atoms with Crippen molar-refractivity contribution in [3.8, 4) is 0 Å². The molecule has 0 amide bonds. The zero-order chi connectivity index (χ0) is 12.9. The maximum Gasteiger partial charge on any atom is 0.330 e. The van der Waals surface area contributed by atoms with E-state index in [1.54, 1.807) is 0 Å². The third-order valence-corrected chi connectivity index (χ3v) is 4.64. The minimum absolute atomic E-state index is 0.324. The molecule has 0 spiro atoms. The summed E-state index contributed by atoms with van der Waals surface area (Å²) in [5, 5.41) is 0. The Labute approximate surface area is 108 Å². The average molecular weight is 258 g/mol. The summed E-state index contributed by atoms with van der Waals surface area (Å²) < 4.78 is 10.6. The molecule has 3 nitrogen and oxygen atoms in total. The molecular weight excluding hydrogens is 232 g/mol. The highest BCUT2D eigenvalue weighted by atomic mass is 28.2. The van der Waals surface area contributed by atoms with Crippen molar-refractivity contribution in [2.75, 3.05) is 13.2 Å². The van der Waals surface area contributed by atoms with E-state index in [0.717, 1.165) is 13.0 Å². The molecule has 1 atom stereocenters. The molecule has 0 aromatic rings. The van der Waals surface area contributed by atoms with Gasteiger partial charge in [0.1, 0.15) is 0 Å². The van der Waals surface area contributed by atoms with Crippen LogP contribution in [0.15, 0.2) is 12.7 Å². The zero-order valence-electron chi connectivity index (χ0n) is 11.2. The van der Waals surface area contributed by atoms with Gasteiger partial charge >= 0.3 is 5.97 Å². The molecular formula is C13H26O3Si. The lowest BCUT2D eigenvalue weighted by atomic mass is 10.1. The predicted octanol–water partition coefficient (Wildman–Crippen LogP) is 2.59. The fourth-order valence-corrected chi connectivity index (χ4v) is 3.02. The molecule has 0 bridgehead atoms. The summed E-state index contributed by atoms with van der Waals surface area (Å²) in [4.78, 5) is 10.9. The van der Waals surface area contributed by atoms with Crippen LogP contribution < -0.4 is 0 Å². The average Bonchev–Trinajstić information content (AvgIpc) is 2.35. The van der Waals surface area contributed by atoms with Crippen molar-refractivity contribution in [2.24, 2.45) is 0 Å². The summed E-state index contributed by atoms with van der Waals surface area (Å²) in [6.45, 7) is 8.93. The standard InChI is InChI=1S/C13H26O3Si/c1-4-7-8-9-12(17-16-6-3)10-11-15-13(14)5-2/h5,12H,2,4,6-11,17H2,1,3H3. The topological polar surface area (TPSA) is 35.5 Å². The van der Waals surface area contributed by atoms with Gasteiger partial charge in [-0.05, 0) is 18.9 Å². The molecule has 0 saturated heterocycles. The van der Waals surface area contributed by atoms with Gasteiger partial charge in [0, 0.05) is 12.7 Å². The highest BCUT2D eigenvalue weighted by Crippen LogP contribution is 2.19. The van der Waals surface area contributed by atoms with Gasteiger partial charge in [-0.15, -0.1) is 0 Å². The van der Waals surface area contributed by atoms with Gasteiger partial charge in [-0.1, -0.05) is 39.2 Å². The number of rotatable bonds is 11. The number of carbonyl (C=O) groups is 1. The third kappa shape index (κ3) is 10.3. The van der Waals surface area contributed by atoms with Crippen LogP contribution in [0.4, 0.5) is 0 Å². The first-order valence-electron chi connectivity index (χ1n) is 6.61. The quantitative estimate of drug-likeness (QED) is 0.247. The summed E-state index contributed by atoms with van der Waals surface area (Å²) in [6.07, 6.45) is 7.15. The second kappa shape index (κ2) is 11.9. The fraction of sp³-hybridized carbons (Fsp3) is 0.769. The van der Waals surface area contributed by atoms with Crippen LogP contribution in [-0.2, 0) is 14.0 Å². The second-order valence-corrected chi connectivity index (χ2v) is 6.08. The van der Waals surface area contributed by atoms with Gasteiger partial charge in [0.25, 0.3) is 0 Å². The molecule has 0 aromatic carbocycles. The van der Waals surface area contributed by atoms with Gasteiger partial charge in [0.05, 0.1) is 6.61 Å². The first-order valence-corrected chi connectivity index (χ1v) is 8.00. The monoisotopic (exact) mass is 258 g/mol. The highest BCUT2D eigenvalue weighted by molar-refractivity contribution is 6.29. The molecule has 0 aliphatic heterocycles. The first-order chi connectivity index (χ1) is 8.24. The minimum atomic E-state index is -0.471. The molecule has 0 aliphatic rings. The molecule has 17 heavy (non-hydrogen) atoms. The van der Waals surface area contributed by atoms with E-state index in [0.29, 0.717) is 12.1 Å². The fourth-order valence-electron chi connectivity index (χ4n) is 1.66. The summed E-state index contributed by atoms with van der Waals surface area (Å²) in [5.74, 6) is -0.324. The van der Waals surface area contributed by atoms with Crippen LogP contribution in [0.2, 0.25) is 5.54 Å². The number of ether oxygens (including phenoxy) is 1. The van der Waals surface area contributed by atoms with E-state index in [-0.39, 0.29) is 5.97 Å². The Hall–Kier alpha value is -0.613. The lowest BCUT2D eigenvalue weighted by Gasteiger charge is -2.15. The van der Waals surface area contributed by atoms with Crippen LogP contribution in [0.25, 0.3) is 0 Å². The van der Waals surface area contributed by atoms with Crippen LogP contribution in [-0.4, -0.2) is 28.9 Å². The molecule has 0 aliphatic carbocycles. The van der Waals surface area contributed by atoms with Crippen molar-refractivity contribution in [1.29, 1.82) is 0 Å². The van der Waals surface area contributed by atoms with Crippen molar-refractivity contribution in [1.82, 2.24) is 0 Å². The van der Waals surface area contributed by atoms with E-state index in [4.69, 9.17) is 9.16 Å². The van der Waals surface area contributed by atoms with Crippen LogP contribution in [0.3, 0.4) is 0 Å². The Kier molecular flexibility index (Phi) is 11.4. The number of hydrogen-bond donors (Lipinski definition) is 0. The summed E-state index contributed by atoms with van der Waals surface area (Å²) in [7, 11) is -0.471. The molecule has 0 fully saturated rings. The molecule has 0 radical (unpaired) electrons. The van der Waals surface area contributed by atoms with Crippen molar-refractivity contribution in [2.45, 2.75) is 51.5 Å².